The van der Waals surface area contributed by atoms with Gasteiger partial charge in [0.05, 0.1) is 29.8 Å². The van der Waals surface area contributed by atoms with Crippen LogP contribution in [0.3, 0.4) is 0 Å². The topological polar surface area (TPSA) is 266 Å². The van der Waals surface area contributed by atoms with Gasteiger partial charge in [0.1, 0.15) is 42.8 Å². The van der Waals surface area contributed by atoms with Crippen molar-refractivity contribution in [1.82, 2.24) is 21.0 Å². The zero-order chi connectivity index (χ0) is 47.7. The van der Waals surface area contributed by atoms with Crippen molar-refractivity contribution >= 4 is 64.5 Å². The van der Waals surface area contributed by atoms with Crippen LogP contribution >= 0.6 is 11.6 Å². The number of aryl methyl sites for hydroxylation is 1. The van der Waals surface area contributed by atoms with Crippen molar-refractivity contribution in [3.8, 4) is 0 Å². The van der Waals surface area contributed by atoms with Crippen LogP contribution < -0.4 is 26.8 Å². The molecule has 1 aromatic carbocycles. The number of halogens is 1. The maximum absolute atomic E-state index is 14.2. The SMILES string of the molecule is C/C1=C\C=C\C(C)C2(O)CC(OC(=O)N2)C(C)C2OC2(C)C(OC(=O)C(C)N(C)C(=O)CCC(=O)CNC(=O)CCC(=O)COCC(=O)NN)CC(=O)N(C)c2cc(cc(C)c2Cl)C1. The number of amides is 5. The van der Waals surface area contributed by atoms with Crippen molar-refractivity contribution in [3.63, 3.8) is 0 Å². The van der Waals surface area contributed by atoms with Crippen LogP contribution in [-0.2, 0) is 58.9 Å². The van der Waals surface area contributed by atoms with Gasteiger partial charge in [0.2, 0.25) is 17.7 Å². The summed E-state index contributed by atoms with van der Waals surface area (Å²) in [5.41, 5.74) is 1.96. The number of anilines is 1. The van der Waals surface area contributed by atoms with E-state index in [1.54, 1.807) is 33.9 Å². The Kier molecular flexibility index (Phi) is 17.8. The van der Waals surface area contributed by atoms with Gasteiger partial charge in [-0.15, -0.1) is 0 Å². The molecule has 0 spiro atoms. The van der Waals surface area contributed by atoms with Gasteiger partial charge in [0, 0.05) is 58.0 Å². The molecular weight excluding hydrogens is 856 g/mol. The number of alkyl carbamates (subject to hydrolysis) is 1. The van der Waals surface area contributed by atoms with Gasteiger partial charge in [-0.1, -0.05) is 55.3 Å². The predicted molar refractivity (Wildman–Crippen MR) is 232 cm³/mol. The van der Waals surface area contributed by atoms with Gasteiger partial charge in [-0.05, 0) is 51.3 Å². The number of rotatable bonds is 15. The first kappa shape index (κ1) is 51.4. The van der Waals surface area contributed by atoms with Crippen LogP contribution in [0.1, 0.15) is 84.3 Å². The highest BCUT2D eigenvalue weighted by Crippen LogP contribution is 2.49. The molecule has 3 heterocycles. The lowest BCUT2D eigenvalue weighted by molar-refractivity contribution is -0.162. The number of epoxide rings is 1. The van der Waals surface area contributed by atoms with Gasteiger partial charge in [-0.2, -0.15) is 0 Å². The molecule has 352 valence electrons. The summed E-state index contributed by atoms with van der Waals surface area (Å²) >= 11 is 6.77. The Labute approximate surface area is 377 Å². The van der Waals surface area contributed by atoms with Gasteiger partial charge in [0.15, 0.2) is 11.6 Å². The minimum Gasteiger partial charge on any atom is -0.457 e. The number of ether oxygens (including phenoxy) is 4. The molecule has 0 radical (unpaired) electrons. The van der Waals surface area contributed by atoms with Gasteiger partial charge in [-0.25, -0.2) is 15.4 Å². The van der Waals surface area contributed by atoms with Crippen LogP contribution in [-0.4, -0.2) is 127 Å². The predicted octanol–water partition coefficient (Wildman–Crippen LogP) is 2.26. The molecule has 20 heteroatoms. The largest absolute Gasteiger partial charge is 0.457 e. The second kappa shape index (κ2) is 22.1. The molecule has 2 fully saturated rings. The van der Waals surface area contributed by atoms with Crippen LogP contribution in [0.4, 0.5) is 10.5 Å². The van der Waals surface area contributed by atoms with E-state index in [2.05, 4.69) is 10.6 Å². The number of fused-ring (bicyclic) bond motifs is 5. The highest BCUT2D eigenvalue weighted by atomic mass is 35.5. The van der Waals surface area contributed by atoms with Crippen molar-refractivity contribution in [3.05, 3.63) is 52.1 Å². The second-order valence-corrected chi connectivity index (χ2v) is 17.4. The summed E-state index contributed by atoms with van der Waals surface area (Å²) in [5, 5.41) is 17.0. The van der Waals surface area contributed by atoms with Crippen LogP contribution in [0.25, 0.3) is 0 Å². The van der Waals surface area contributed by atoms with Crippen molar-refractivity contribution in [2.45, 2.75) is 122 Å². The van der Waals surface area contributed by atoms with E-state index in [1.165, 1.54) is 18.9 Å². The monoisotopic (exact) mass is 916 g/mol. The highest BCUT2D eigenvalue weighted by molar-refractivity contribution is 6.34. The molecule has 8 unspecified atom stereocenters. The number of aliphatic hydroxyl groups is 1. The third-order valence-corrected chi connectivity index (χ3v) is 12.5. The Morgan fingerprint density at radius 1 is 1.06 bits per heavy atom. The Hall–Kier alpha value is -5.21. The quantitative estimate of drug-likeness (QED) is 0.0556. The van der Waals surface area contributed by atoms with Crippen molar-refractivity contribution in [2.24, 2.45) is 17.7 Å². The molecule has 4 bridgehead atoms. The van der Waals surface area contributed by atoms with E-state index in [0.717, 1.165) is 21.6 Å². The summed E-state index contributed by atoms with van der Waals surface area (Å²) in [5.74, 6) is -0.148. The van der Waals surface area contributed by atoms with Crippen LogP contribution in [0.2, 0.25) is 5.02 Å². The number of ketones is 2. The number of hydrazine groups is 1. The number of esters is 1. The molecule has 5 amide bonds. The lowest BCUT2D eigenvalue weighted by atomic mass is 9.82. The number of hydrogen-bond acceptors (Lipinski definition) is 14. The Balaban J connectivity index is 1.46. The van der Waals surface area contributed by atoms with E-state index in [0.29, 0.717) is 17.1 Å². The number of Topliss-reactive ketones (excluding diaryl/α,β-unsaturated/α-hetero) is 2. The number of carbonyl (C=O) groups excluding carboxylic acids is 8. The maximum Gasteiger partial charge on any atom is 0.409 e. The summed E-state index contributed by atoms with van der Waals surface area (Å²) in [4.78, 5) is 104. The number of hydrogen-bond donors (Lipinski definition) is 5. The van der Waals surface area contributed by atoms with Gasteiger partial charge < -0.3 is 39.2 Å². The van der Waals surface area contributed by atoms with E-state index >= 15 is 0 Å². The summed E-state index contributed by atoms with van der Waals surface area (Å²) < 4.78 is 22.9. The molecule has 6 N–H and O–H groups in total. The average molecular weight is 917 g/mol. The van der Waals surface area contributed by atoms with Crippen LogP contribution in [0, 0.1) is 18.8 Å². The fourth-order valence-corrected chi connectivity index (χ4v) is 7.82. The lowest BCUT2D eigenvalue weighted by Crippen LogP contribution is -2.60. The molecule has 0 aliphatic carbocycles. The summed E-state index contributed by atoms with van der Waals surface area (Å²) in [7, 11) is 2.94. The normalized spacial score (nSPS) is 27.6. The summed E-state index contributed by atoms with van der Waals surface area (Å²) in [6.07, 6.45) is 1.16. The maximum atomic E-state index is 14.2. The van der Waals surface area contributed by atoms with Crippen LogP contribution in [0.5, 0.6) is 0 Å². The lowest BCUT2D eigenvalue weighted by Gasteiger charge is -2.41. The van der Waals surface area contributed by atoms with E-state index in [1.807, 2.05) is 43.6 Å². The van der Waals surface area contributed by atoms with E-state index in [9.17, 15) is 43.5 Å². The molecular formula is C44H61ClN6O13. The average Bonchev–Trinajstić information content (AvgIpc) is 3.94. The van der Waals surface area contributed by atoms with Crippen LogP contribution in [0.15, 0.2) is 35.9 Å². The molecule has 0 aromatic heterocycles. The standard InChI is InChI=1S/C44H61ClN6O13/c1-24-10-9-11-26(3)44(60)20-33(62-42(59)48-44)27(4)40-43(6,64-40)34(19-38(57)51(8)32-18-29(16-24)17-25(2)39(32)45)63-41(58)28(5)50(7)37(56)15-13-30(52)21-47-35(54)14-12-31(53)22-61-23-36(55)49-46/h9-11,17-18,26-28,33-34,40,60H,12-16,19-23,46H2,1-8H3,(H,47,54)(H,48,59)(H,49,55)/b11-9+,24-10+. The number of likely N-dealkylation sites (N-methyl/N-ethyl adjacent to an activating group) is 1. The van der Waals surface area contributed by atoms with Crippen molar-refractivity contribution in [1.29, 1.82) is 0 Å². The molecule has 0 saturated carbocycles. The third-order valence-electron chi connectivity index (χ3n) is 12.1. The first-order valence-electron chi connectivity index (χ1n) is 21.1. The molecule has 64 heavy (non-hydrogen) atoms. The fourth-order valence-electron chi connectivity index (χ4n) is 7.58. The zero-order valence-corrected chi connectivity index (χ0v) is 38.4. The second-order valence-electron chi connectivity index (χ2n) is 17.1. The number of nitrogens with zero attached hydrogens (tertiary/aromatic N) is 2. The highest BCUT2D eigenvalue weighted by Gasteiger charge is 2.64. The Bertz CT molecular complexity index is 2040. The minimum atomic E-state index is -1.66. The third kappa shape index (κ3) is 13.4. The number of nitrogens with two attached hydrogens (primary N) is 1. The molecule has 19 nitrogen and oxygen atoms in total. The molecule has 2 saturated heterocycles. The first-order valence-corrected chi connectivity index (χ1v) is 21.5. The molecule has 4 rings (SSSR count). The molecule has 8 atom stereocenters. The summed E-state index contributed by atoms with van der Waals surface area (Å²) in [6.45, 7) is 9.25. The smallest absolute Gasteiger partial charge is 0.409 e. The van der Waals surface area contributed by atoms with E-state index in [4.69, 9.17) is 36.4 Å². The number of allylic oxidation sites excluding steroid dienone is 3. The van der Waals surface area contributed by atoms with Crippen molar-refractivity contribution in [2.75, 3.05) is 38.8 Å². The Morgan fingerprint density at radius 2 is 1.75 bits per heavy atom. The first-order chi connectivity index (χ1) is 30.0. The van der Waals surface area contributed by atoms with Gasteiger partial charge >= 0.3 is 12.1 Å². The van der Waals surface area contributed by atoms with E-state index in [-0.39, 0.29) is 38.5 Å². The fraction of sp³-hybridized carbons (Fsp3) is 0.591. The van der Waals surface area contributed by atoms with Gasteiger partial charge in [0.25, 0.3) is 5.91 Å². The molecule has 1 aromatic rings. The Morgan fingerprint density at radius 3 is 2.44 bits per heavy atom. The van der Waals surface area contributed by atoms with Gasteiger partial charge in [-0.3, -0.25) is 39.5 Å². The number of carbonyl (C=O) groups is 8. The van der Waals surface area contributed by atoms with Crippen molar-refractivity contribution < 1.29 is 62.4 Å². The van der Waals surface area contributed by atoms with E-state index < -0.39 is 115 Å². The minimum absolute atomic E-state index is 0.00887. The molecule has 3 aliphatic rings. The zero-order valence-electron chi connectivity index (χ0n) is 37.6. The number of nitrogens with one attached hydrogen (secondary N) is 3. The summed E-state index contributed by atoms with van der Waals surface area (Å²) in [6, 6.07) is 2.57. The molecule has 3 aliphatic heterocycles. The number of benzene rings is 1.